The topological polar surface area (TPSA) is 55.8 Å². The lowest BCUT2D eigenvalue weighted by molar-refractivity contribution is -0.123. The molecule has 2 aromatic carbocycles. The van der Waals surface area contributed by atoms with Crippen LogP contribution in [0, 0.1) is 0 Å². The number of hydrogen-bond acceptors (Lipinski definition) is 5. The van der Waals surface area contributed by atoms with Gasteiger partial charge in [-0.15, -0.1) is 0 Å². The number of benzene rings is 2. The summed E-state index contributed by atoms with van der Waals surface area (Å²) in [5, 5.41) is -0.294. The van der Waals surface area contributed by atoms with Crippen molar-refractivity contribution in [2.24, 2.45) is 0 Å². The minimum Gasteiger partial charge on any atom is -0.490 e. The number of thioether (sulfide) groups is 1. The number of nitrogens with zero attached hydrogens (tertiary/aromatic N) is 1. The Hall–Kier alpha value is -2.03. The Morgan fingerprint density at radius 2 is 1.90 bits per heavy atom. The van der Waals surface area contributed by atoms with Crippen molar-refractivity contribution >= 4 is 60.8 Å². The van der Waals surface area contributed by atoms with Crippen LogP contribution in [0.15, 0.2) is 62.9 Å². The lowest BCUT2D eigenvalue weighted by Crippen LogP contribution is -2.27. The van der Waals surface area contributed by atoms with Crippen LogP contribution >= 0.6 is 43.6 Å². The fourth-order valence-electron chi connectivity index (χ4n) is 2.80. The van der Waals surface area contributed by atoms with Gasteiger partial charge >= 0.3 is 0 Å². The summed E-state index contributed by atoms with van der Waals surface area (Å²) in [6.07, 6.45) is 3.34. The fourth-order valence-corrected chi connectivity index (χ4v) is 4.62. The third-order valence-corrected chi connectivity index (χ3v) is 6.40. The summed E-state index contributed by atoms with van der Waals surface area (Å²) in [6, 6.07) is 11.1. The fraction of sp³-hybridized carbons (Fsp3) is 0.182. The van der Waals surface area contributed by atoms with Crippen molar-refractivity contribution in [3.8, 4) is 11.5 Å². The molecule has 0 unspecified atom stereocenters. The first-order chi connectivity index (χ1) is 14.4. The maximum absolute atomic E-state index is 12.9. The van der Waals surface area contributed by atoms with Crippen molar-refractivity contribution in [3.05, 3.63) is 74.0 Å². The lowest BCUT2D eigenvalue weighted by Gasteiger charge is -2.14. The van der Waals surface area contributed by atoms with E-state index >= 15 is 0 Å². The normalized spacial score (nSPS) is 15.0. The molecule has 1 heterocycles. The number of carbonyl (C=O) groups is 2. The molecule has 2 amide bonds. The molecule has 1 aliphatic rings. The highest BCUT2D eigenvalue weighted by atomic mass is 79.9. The van der Waals surface area contributed by atoms with Gasteiger partial charge in [-0.3, -0.25) is 14.5 Å². The summed E-state index contributed by atoms with van der Waals surface area (Å²) >= 11 is 7.88. The largest absolute Gasteiger partial charge is 0.490 e. The van der Waals surface area contributed by atoms with E-state index in [0.29, 0.717) is 34.1 Å². The number of hydrogen-bond donors (Lipinski definition) is 0. The van der Waals surface area contributed by atoms with E-state index in [1.165, 1.54) is 4.90 Å². The first-order valence-corrected chi connectivity index (χ1v) is 11.5. The van der Waals surface area contributed by atoms with Gasteiger partial charge in [-0.25, -0.2) is 0 Å². The highest BCUT2D eigenvalue weighted by molar-refractivity contribution is 9.10. The second-order valence-corrected chi connectivity index (χ2v) is 8.92. The van der Waals surface area contributed by atoms with Crippen molar-refractivity contribution < 1.29 is 19.1 Å². The zero-order chi connectivity index (χ0) is 21.7. The van der Waals surface area contributed by atoms with Crippen LogP contribution in [0.4, 0.5) is 4.79 Å². The minimum atomic E-state index is -0.318. The van der Waals surface area contributed by atoms with Crippen LogP contribution in [0.2, 0.25) is 0 Å². The monoisotopic (exact) mass is 551 g/mol. The number of imide groups is 1. The minimum absolute atomic E-state index is 0.214. The van der Waals surface area contributed by atoms with Crippen LogP contribution in [-0.4, -0.2) is 29.3 Å². The SMILES string of the molecule is C=CCOc1c(Br)cc(/C=C2/SC(=O)N(Cc3ccccc3Br)C2=O)cc1OCC. The quantitative estimate of drug-likeness (QED) is 0.280. The molecule has 30 heavy (non-hydrogen) atoms. The average molecular weight is 553 g/mol. The summed E-state index contributed by atoms with van der Waals surface area (Å²) in [6.45, 7) is 6.55. The van der Waals surface area contributed by atoms with E-state index in [4.69, 9.17) is 9.47 Å². The summed E-state index contributed by atoms with van der Waals surface area (Å²) < 4.78 is 12.9. The van der Waals surface area contributed by atoms with E-state index in [1.54, 1.807) is 18.2 Å². The molecule has 1 aliphatic heterocycles. The average Bonchev–Trinajstić information content (AvgIpc) is 2.96. The molecule has 5 nitrogen and oxygen atoms in total. The van der Waals surface area contributed by atoms with E-state index in [0.717, 1.165) is 27.4 Å². The maximum atomic E-state index is 12.9. The standard InChI is InChI=1S/C22H19Br2NO4S/c1-3-9-29-20-17(24)10-14(11-18(20)28-4-2)12-19-21(26)25(22(27)30-19)13-15-7-5-6-8-16(15)23/h3,5-8,10-12H,1,4,9,13H2,2H3/b19-12+. The Morgan fingerprint density at radius 1 is 1.13 bits per heavy atom. The summed E-state index contributed by atoms with van der Waals surface area (Å²) in [4.78, 5) is 26.9. The Morgan fingerprint density at radius 3 is 2.60 bits per heavy atom. The Labute approximate surface area is 196 Å². The molecule has 1 fully saturated rings. The summed E-state index contributed by atoms with van der Waals surface area (Å²) in [5.74, 6) is 0.796. The first kappa shape index (κ1) is 22.7. The van der Waals surface area contributed by atoms with Crippen LogP contribution in [-0.2, 0) is 11.3 Å². The third kappa shape index (κ3) is 5.17. The van der Waals surface area contributed by atoms with E-state index in [-0.39, 0.29) is 17.7 Å². The molecule has 0 N–H and O–H groups in total. The number of halogens is 2. The van der Waals surface area contributed by atoms with Gasteiger partial charge in [0.1, 0.15) is 6.61 Å². The first-order valence-electron chi connectivity index (χ1n) is 9.13. The molecule has 8 heteroatoms. The van der Waals surface area contributed by atoms with Crippen LogP contribution in [0.25, 0.3) is 6.08 Å². The van der Waals surface area contributed by atoms with Gasteiger partial charge < -0.3 is 9.47 Å². The highest BCUT2D eigenvalue weighted by Crippen LogP contribution is 2.39. The molecule has 0 saturated carbocycles. The zero-order valence-corrected chi connectivity index (χ0v) is 20.2. The van der Waals surface area contributed by atoms with Gasteiger partial charge in [0.2, 0.25) is 0 Å². The number of amides is 2. The molecule has 0 radical (unpaired) electrons. The van der Waals surface area contributed by atoms with Crippen molar-refractivity contribution in [2.75, 3.05) is 13.2 Å². The third-order valence-electron chi connectivity index (χ3n) is 4.13. The van der Waals surface area contributed by atoms with Crippen molar-refractivity contribution in [3.63, 3.8) is 0 Å². The molecular formula is C22H19Br2NO4S. The Bertz CT molecular complexity index is 1020. The Balaban J connectivity index is 1.87. The van der Waals surface area contributed by atoms with Gasteiger partial charge in [0, 0.05) is 4.47 Å². The van der Waals surface area contributed by atoms with E-state index in [9.17, 15) is 9.59 Å². The van der Waals surface area contributed by atoms with Crippen LogP contribution in [0.3, 0.4) is 0 Å². The van der Waals surface area contributed by atoms with Gasteiger partial charge in [-0.2, -0.15) is 0 Å². The van der Waals surface area contributed by atoms with Gasteiger partial charge in [-0.05, 0) is 70.0 Å². The highest BCUT2D eigenvalue weighted by Gasteiger charge is 2.35. The number of rotatable bonds is 8. The molecule has 156 valence electrons. The van der Waals surface area contributed by atoms with Crippen LogP contribution in [0.1, 0.15) is 18.1 Å². The molecular weight excluding hydrogens is 534 g/mol. The second-order valence-electron chi connectivity index (χ2n) is 6.22. The van der Waals surface area contributed by atoms with Crippen LogP contribution in [0.5, 0.6) is 11.5 Å². The molecule has 0 atom stereocenters. The van der Waals surface area contributed by atoms with Gasteiger partial charge in [0.05, 0.1) is 22.5 Å². The summed E-state index contributed by atoms with van der Waals surface area (Å²) in [7, 11) is 0. The molecule has 0 aromatic heterocycles. The predicted molar refractivity (Wildman–Crippen MR) is 127 cm³/mol. The molecule has 1 saturated heterocycles. The molecule has 0 spiro atoms. The van der Waals surface area contributed by atoms with Gasteiger partial charge in [0.15, 0.2) is 11.5 Å². The number of ether oxygens (including phenoxy) is 2. The zero-order valence-electron chi connectivity index (χ0n) is 16.2. The molecule has 2 aromatic rings. The van der Waals surface area contributed by atoms with E-state index < -0.39 is 0 Å². The van der Waals surface area contributed by atoms with Gasteiger partial charge in [0.25, 0.3) is 11.1 Å². The number of carbonyl (C=O) groups excluding carboxylic acids is 2. The Kier molecular flexibility index (Phi) is 7.80. The lowest BCUT2D eigenvalue weighted by atomic mass is 10.1. The van der Waals surface area contributed by atoms with Crippen LogP contribution < -0.4 is 9.47 Å². The van der Waals surface area contributed by atoms with E-state index in [1.807, 2.05) is 37.3 Å². The van der Waals surface area contributed by atoms with Crippen molar-refractivity contribution in [1.29, 1.82) is 0 Å². The van der Waals surface area contributed by atoms with Crippen molar-refractivity contribution in [1.82, 2.24) is 4.90 Å². The summed E-state index contributed by atoms with van der Waals surface area (Å²) in [5.41, 5.74) is 1.59. The van der Waals surface area contributed by atoms with Crippen molar-refractivity contribution in [2.45, 2.75) is 13.5 Å². The smallest absolute Gasteiger partial charge is 0.293 e. The predicted octanol–water partition coefficient (Wildman–Crippen LogP) is 6.41. The van der Waals surface area contributed by atoms with E-state index in [2.05, 4.69) is 38.4 Å². The maximum Gasteiger partial charge on any atom is 0.293 e. The molecule has 0 aliphatic carbocycles. The molecule has 3 rings (SSSR count). The van der Waals surface area contributed by atoms with Gasteiger partial charge in [-0.1, -0.05) is 46.8 Å². The second kappa shape index (κ2) is 10.3. The molecule has 0 bridgehead atoms.